The molecule has 0 radical (unpaired) electrons. The van der Waals surface area contributed by atoms with Gasteiger partial charge >= 0.3 is 0 Å². The number of aromatic nitrogens is 2. The van der Waals surface area contributed by atoms with E-state index in [1.165, 1.54) is 0 Å². The van der Waals surface area contributed by atoms with Gasteiger partial charge < -0.3 is 10.2 Å². The molecule has 5 nitrogen and oxygen atoms in total. The zero-order chi connectivity index (χ0) is 15.5. The van der Waals surface area contributed by atoms with E-state index in [0.717, 1.165) is 25.9 Å². The molecule has 0 atom stereocenters. The van der Waals surface area contributed by atoms with E-state index in [1.54, 1.807) is 30.5 Å². The summed E-state index contributed by atoms with van der Waals surface area (Å²) in [5.41, 5.74) is 0.806. The van der Waals surface area contributed by atoms with Crippen molar-refractivity contribution in [2.45, 2.75) is 12.8 Å². The van der Waals surface area contributed by atoms with E-state index < -0.39 is 0 Å². The molecule has 2 aromatic rings. The maximum atomic E-state index is 12.3. The van der Waals surface area contributed by atoms with E-state index in [1.807, 2.05) is 0 Å². The van der Waals surface area contributed by atoms with Crippen LogP contribution in [0.15, 0.2) is 30.5 Å². The van der Waals surface area contributed by atoms with Crippen molar-refractivity contribution in [2.75, 3.05) is 23.3 Å². The molecule has 0 aliphatic carbocycles. The lowest BCUT2D eigenvalue weighted by atomic mass is 10.3. The molecule has 0 unspecified atom stereocenters. The second-order valence-electron chi connectivity index (χ2n) is 5.01. The van der Waals surface area contributed by atoms with Gasteiger partial charge in [-0.2, -0.15) is 0 Å². The lowest BCUT2D eigenvalue weighted by molar-refractivity contribution is 0.102. The van der Waals surface area contributed by atoms with Crippen LogP contribution in [0.4, 0.5) is 11.6 Å². The monoisotopic (exact) mass is 336 g/mol. The van der Waals surface area contributed by atoms with Crippen molar-refractivity contribution in [1.29, 1.82) is 0 Å². The molecule has 1 aliphatic rings. The summed E-state index contributed by atoms with van der Waals surface area (Å²) < 4.78 is 0. The molecule has 7 heteroatoms. The fourth-order valence-corrected chi connectivity index (χ4v) is 2.78. The highest BCUT2D eigenvalue weighted by Crippen LogP contribution is 2.25. The number of hydrogen-bond acceptors (Lipinski definition) is 4. The van der Waals surface area contributed by atoms with E-state index in [4.69, 9.17) is 23.2 Å². The van der Waals surface area contributed by atoms with Crippen molar-refractivity contribution in [3.8, 4) is 0 Å². The Morgan fingerprint density at radius 1 is 1.18 bits per heavy atom. The highest BCUT2D eigenvalue weighted by Gasteiger charge is 2.17. The second kappa shape index (κ2) is 6.50. The Bertz CT molecular complexity index is 702. The lowest BCUT2D eigenvalue weighted by Gasteiger charge is -2.15. The Kier molecular flexibility index (Phi) is 4.45. The minimum absolute atomic E-state index is 0.308. The average molecular weight is 337 g/mol. The van der Waals surface area contributed by atoms with Crippen molar-refractivity contribution >= 4 is 40.7 Å². The lowest BCUT2D eigenvalue weighted by Crippen LogP contribution is -2.22. The second-order valence-corrected chi connectivity index (χ2v) is 5.86. The normalized spacial score (nSPS) is 14.2. The van der Waals surface area contributed by atoms with Crippen LogP contribution in [0.1, 0.15) is 23.3 Å². The van der Waals surface area contributed by atoms with Crippen LogP contribution in [0.3, 0.4) is 0 Å². The SMILES string of the molecule is O=C(Nc1ccc(Cl)cc1Cl)c1ccnc(N2CCCC2)n1. The average Bonchev–Trinajstić information content (AvgIpc) is 3.04. The third-order valence-electron chi connectivity index (χ3n) is 3.44. The Morgan fingerprint density at radius 3 is 2.68 bits per heavy atom. The molecular formula is C15H14Cl2N4O. The maximum absolute atomic E-state index is 12.3. The largest absolute Gasteiger partial charge is 0.341 e. The van der Waals surface area contributed by atoms with Gasteiger partial charge in [0.2, 0.25) is 5.95 Å². The first-order valence-electron chi connectivity index (χ1n) is 6.98. The van der Waals surface area contributed by atoms with E-state index in [9.17, 15) is 4.79 Å². The molecule has 2 heterocycles. The molecule has 1 N–H and O–H groups in total. The predicted octanol–water partition coefficient (Wildman–Crippen LogP) is 3.64. The number of rotatable bonds is 3. The van der Waals surface area contributed by atoms with Gasteiger partial charge in [-0.25, -0.2) is 9.97 Å². The van der Waals surface area contributed by atoms with Gasteiger partial charge in [-0.15, -0.1) is 0 Å². The van der Waals surface area contributed by atoms with E-state index in [0.29, 0.717) is 27.4 Å². The van der Waals surface area contributed by atoms with Crippen LogP contribution in [0, 0.1) is 0 Å². The fourth-order valence-electron chi connectivity index (χ4n) is 2.32. The summed E-state index contributed by atoms with van der Waals surface area (Å²) in [5, 5.41) is 3.63. The number of amides is 1. The minimum Gasteiger partial charge on any atom is -0.341 e. The van der Waals surface area contributed by atoms with Crippen LogP contribution in [0.2, 0.25) is 10.0 Å². The number of nitrogens with zero attached hydrogens (tertiary/aromatic N) is 3. The van der Waals surface area contributed by atoms with E-state index in [-0.39, 0.29) is 5.91 Å². The third kappa shape index (κ3) is 3.31. The number of hydrogen-bond donors (Lipinski definition) is 1. The molecule has 22 heavy (non-hydrogen) atoms. The quantitative estimate of drug-likeness (QED) is 0.929. The number of benzene rings is 1. The molecule has 0 bridgehead atoms. The van der Waals surface area contributed by atoms with Crippen molar-refractivity contribution in [3.63, 3.8) is 0 Å². The Morgan fingerprint density at radius 2 is 1.95 bits per heavy atom. The minimum atomic E-state index is -0.327. The molecule has 3 rings (SSSR count). The van der Waals surface area contributed by atoms with Gasteiger partial charge in [0.05, 0.1) is 10.7 Å². The van der Waals surface area contributed by atoms with Crippen LogP contribution in [0.25, 0.3) is 0 Å². The molecule has 1 fully saturated rings. The van der Waals surface area contributed by atoms with Gasteiger partial charge in [0.1, 0.15) is 5.69 Å². The maximum Gasteiger partial charge on any atom is 0.274 e. The molecule has 1 aromatic heterocycles. The van der Waals surface area contributed by atoms with Crippen molar-refractivity contribution < 1.29 is 4.79 Å². The predicted molar refractivity (Wildman–Crippen MR) is 87.9 cm³/mol. The standard InChI is InChI=1S/C15H14Cl2N4O/c16-10-3-4-12(11(17)9-10)19-14(22)13-5-6-18-15(20-13)21-7-1-2-8-21/h3-6,9H,1-2,7-8H2,(H,19,22). The Labute approximate surface area is 138 Å². The number of carbonyl (C=O) groups is 1. The first-order valence-corrected chi connectivity index (χ1v) is 7.73. The zero-order valence-electron chi connectivity index (χ0n) is 11.7. The summed E-state index contributed by atoms with van der Waals surface area (Å²) in [7, 11) is 0. The molecular weight excluding hydrogens is 323 g/mol. The molecule has 0 saturated carbocycles. The summed E-state index contributed by atoms with van der Waals surface area (Å²) in [6.45, 7) is 1.85. The fraction of sp³-hybridized carbons (Fsp3) is 0.267. The Balaban J connectivity index is 1.78. The number of halogens is 2. The third-order valence-corrected chi connectivity index (χ3v) is 3.99. The van der Waals surface area contributed by atoms with Crippen molar-refractivity contribution in [3.05, 3.63) is 46.2 Å². The molecule has 1 amide bonds. The number of nitrogens with one attached hydrogen (secondary N) is 1. The summed E-state index contributed by atoms with van der Waals surface area (Å²) in [5.74, 6) is 0.263. The first kappa shape index (κ1) is 15.1. The molecule has 0 spiro atoms. The highest BCUT2D eigenvalue weighted by molar-refractivity contribution is 6.36. The van der Waals surface area contributed by atoms with Gasteiger partial charge in [0.25, 0.3) is 5.91 Å². The number of carbonyl (C=O) groups excluding carboxylic acids is 1. The van der Waals surface area contributed by atoms with Crippen LogP contribution < -0.4 is 10.2 Å². The molecule has 1 aliphatic heterocycles. The van der Waals surface area contributed by atoms with Gasteiger partial charge in [-0.1, -0.05) is 23.2 Å². The van der Waals surface area contributed by atoms with Gasteiger partial charge in [-0.05, 0) is 37.1 Å². The van der Waals surface area contributed by atoms with Gasteiger partial charge in [-0.3, -0.25) is 4.79 Å². The van der Waals surface area contributed by atoms with Gasteiger partial charge in [0, 0.05) is 24.3 Å². The molecule has 114 valence electrons. The van der Waals surface area contributed by atoms with Crippen molar-refractivity contribution in [2.24, 2.45) is 0 Å². The summed E-state index contributed by atoms with van der Waals surface area (Å²) in [6.07, 6.45) is 3.85. The summed E-state index contributed by atoms with van der Waals surface area (Å²) in [4.78, 5) is 22.9. The van der Waals surface area contributed by atoms with Crippen molar-refractivity contribution in [1.82, 2.24) is 9.97 Å². The summed E-state index contributed by atoms with van der Waals surface area (Å²) in [6, 6.07) is 6.48. The number of anilines is 2. The summed E-state index contributed by atoms with van der Waals surface area (Å²) >= 11 is 11.9. The topological polar surface area (TPSA) is 58.1 Å². The van der Waals surface area contributed by atoms with Crippen LogP contribution in [-0.2, 0) is 0 Å². The highest BCUT2D eigenvalue weighted by atomic mass is 35.5. The molecule has 1 aromatic carbocycles. The van der Waals surface area contributed by atoms with Gasteiger partial charge in [0.15, 0.2) is 0 Å². The van der Waals surface area contributed by atoms with Crippen LogP contribution in [0.5, 0.6) is 0 Å². The Hall–Kier alpha value is -1.85. The smallest absolute Gasteiger partial charge is 0.274 e. The van der Waals surface area contributed by atoms with Crippen LogP contribution >= 0.6 is 23.2 Å². The van der Waals surface area contributed by atoms with Crippen LogP contribution in [-0.4, -0.2) is 29.0 Å². The zero-order valence-corrected chi connectivity index (χ0v) is 13.2. The van der Waals surface area contributed by atoms with E-state index >= 15 is 0 Å². The van der Waals surface area contributed by atoms with E-state index in [2.05, 4.69) is 20.2 Å². The first-order chi connectivity index (χ1) is 10.6. The molecule has 1 saturated heterocycles.